The minimum Gasteiger partial charge on any atom is -0.0622 e. The van der Waals surface area contributed by atoms with Crippen molar-refractivity contribution in [2.75, 3.05) is 0 Å². The molecule has 1 unspecified atom stereocenters. The van der Waals surface area contributed by atoms with Crippen LogP contribution < -0.4 is 0 Å². The maximum atomic E-state index is 2.54. The van der Waals surface area contributed by atoms with Gasteiger partial charge in [-0.05, 0) is 129 Å². The van der Waals surface area contributed by atoms with E-state index in [-0.39, 0.29) is 11.3 Å². The number of hydrogen-bond acceptors (Lipinski definition) is 0. The van der Waals surface area contributed by atoms with Crippen LogP contribution in [0.5, 0.6) is 0 Å². The van der Waals surface area contributed by atoms with Crippen molar-refractivity contribution in [3.8, 4) is 44.5 Å². The van der Waals surface area contributed by atoms with Crippen LogP contribution in [0, 0.1) is 0 Å². The van der Waals surface area contributed by atoms with E-state index >= 15 is 0 Å². The lowest BCUT2D eigenvalue weighted by molar-refractivity contribution is 0.659. The van der Waals surface area contributed by atoms with E-state index < -0.39 is 0 Å². The van der Waals surface area contributed by atoms with Crippen molar-refractivity contribution in [3.05, 3.63) is 204 Å². The minimum absolute atomic E-state index is 0.0370. The molecule has 244 valence electrons. The molecular weight excluding hydrogens is 625 g/mol. The monoisotopic (exact) mass is 660 g/mol. The quantitative estimate of drug-likeness (QED) is 0.165. The molecule has 0 saturated carbocycles. The standard InChI is InChI=1S/C52H36/c1-52(2)49-22-11-10-21-42(49)47-30-46-45-29-36(24-26-43(45)51(48(46)31-50(47)52)32-13-4-3-5-14-32)34-16-12-15-33(27-34)35-23-25-41-39-19-7-6-17-37(39)38-18-8-9-20-40(38)44(41)28-35/h3-31,51H,1-2H3. The fourth-order valence-electron chi connectivity index (χ4n) is 9.60. The topological polar surface area (TPSA) is 0 Å². The van der Waals surface area contributed by atoms with Crippen molar-refractivity contribution < 1.29 is 0 Å². The van der Waals surface area contributed by atoms with Crippen LogP contribution in [-0.4, -0.2) is 0 Å². The van der Waals surface area contributed by atoms with E-state index in [1.165, 1.54) is 105 Å². The summed E-state index contributed by atoms with van der Waals surface area (Å²) in [6, 6.07) is 66.0. The molecule has 0 amide bonds. The number of rotatable bonds is 3. The molecule has 0 spiro atoms. The van der Waals surface area contributed by atoms with Crippen molar-refractivity contribution in [3.63, 3.8) is 0 Å². The molecule has 0 fully saturated rings. The van der Waals surface area contributed by atoms with Gasteiger partial charge in [-0.25, -0.2) is 0 Å². The van der Waals surface area contributed by atoms with Crippen LogP contribution in [0.4, 0.5) is 0 Å². The predicted octanol–water partition coefficient (Wildman–Crippen LogP) is 13.9. The van der Waals surface area contributed by atoms with Gasteiger partial charge in [0, 0.05) is 11.3 Å². The van der Waals surface area contributed by atoms with E-state index in [0.29, 0.717) is 0 Å². The zero-order chi connectivity index (χ0) is 34.6. The van der Waals surface area contributed by atoms with Crippen molar-refractivity contribution in [2.24, 2.45) is 0 Å². The van der Waals surface area contributed by atoms with Crippen LogP contribution in [-0.2, 0) is 5.41 Å². The molecule has 0 saturated heterocycles. The highest BCUT2D eigenvalue weighted by molar-refractivity contribution is 6.25. The first-order valence-electron chi connectivity index (χ1n) is 18.5. The summed E-state index contributed by atoms with van der Waals surface area (Å²) in [5.41, 5.74) is 17.4. The molecule has 0 aliphatic heterocycles. The maximum absolute atomic E-state index is 2.54. The summed E-state index contributed by atoms with van der Waals surface area (Å²) in [7, 11) is 0. The Kier molecular flexibility index (Phi) is 6.17. The molecule has 0 heteroatoms. The lowest BCUT2D eigenvalue weighted by atomic mass is 9.80. The molecule has 0 N–H and O–H groups in total. The van der Waals surface area contributed by atoms with E-state index in [0.717, 1.165) is 0 Å². The van der Waals surface area contributed by atoms with Crippen LogP contribution in [0.25, 0.3) is 76.8 Å². The molecule has 0 radical (unpaired) electrons. The first-order valence-corrected chi connectivity index (χ1v) is 18.5. The molecule has 0 nitrogen and oxygen atoms in total. The summed E-state index contributed by atoms with van der Waals surface area (Å²) >= 11 is 0. The Morgan fingerprint density at radius 2 is 0.885 bits per heavy atom. The van der Waals surface area contributed by atoms with Crippen LogP contribution in [0.15, 0.2) is 176 Å². The summed E-state index contributed by atoms with van der Waals surface area (Å²) in [5, 5.41) is 7.83. The lowest BCUT2D eigenvalue weighted by Crippen LogP contribution is -2.15. The smallest absolute Gasteiger partial charge is 0.0352 e. The number of hydrogen-bond donors (Lipinski definition) is 0. The molecule has 0 aromatic heterocycles. The third-order valence-electron chi connectivity index (χ3n) is 12.1. The molecule has 2 aliphatic rings. The van der Waals surface area contributed by atoms with Gasteiger partial charge >= 0.3 is 0 Å². The van der Waals surface area contributed by atoms with Gasteiger partial charge in [0.25, 0.3) is 0 Å². The Morgan fingerprint density at radius 3 is 1.62 bits per heavy atom. The van der Waals surface area contributed by atoms with Crippen molar-refractivity contribution >= 4 is 32.3 Å². The van der Waals surface area contributed by atoms with Gasteiger partial charge < -0.3 is 0 Å². The summed E-state index contributed by atoms with van der Waals surface area (Å²) in [6.45, 7) is 4.77. The molecule has 9 aromatic carbocycles. The van der Waals surface area contributed by atoms with E-state index in [4.69, 9.17) is 0 Å². The molecule has 0 bridgehead atoms. The van der Waals surface area contributed by atoms with Crippen LogP contribution in [0.2, 0.25) is 0 Å². The summed E-state index contributed by atoms with van der Waals surface area (Å²) < 4.78 is 0. The van der Waals surface area contributed by atoms with Crippen LogP contribution in [0.3, 0.4) is 0 Å². The summed E-state index contributed by atoms with van der Waals surface area (Å²) in [5.74, 6) is 0.208. The molecular formula is C52H36. The Bertz CT molecular complexity index is 2890. The zero-order valence-corrected chi connectivity index (χ0v) is 29.3. The van der Waals surface area contributed by atoms with E-state index in [1.807, 2.05) is 0 Å². The SMILES string of the molecule is CC1(C)c2ccccc2-c2cc3c(cc21)C(c1ccccc1)c1ccc(-c2cccc(-c4ccc5c6ccccc6c6ccccc6c5c4)c2)cc1-3. The fourth-order valence-corrected chi connectivity index (χ4v) is 9.60. The second-order valence-electron chi connectivity index (χ2n) is 15.2. The number of benzene rings is 9. The lowest BCUT2D eigenvalue weighted by Gasteiger charge is -2.23. The van der Waals surface area contributed by atoms with E-state index in [9.17, 15) is 0 Å². The van der Waals surface area contributed by atoms with Crippen LogP contribution >= 0.6 is 0 Å². The highest BCUT2D eigenvalue weighted by Gasteiger charge is 2.39. The van der Waals surface area contributed by atoms with Gasteiger partial charge in [-0.3, -0.25) is 0 Å². The molecule has 2 aliphatic carbocycles. The zero-order valence-electron chi connectivity index (χ0n) is 29.3. The van der Waals surface area contributed by atoms with Gasteiger partial charge in [-0.15, -0.1) is 0 Å². The second kappa shape index (κ2) is 10.9. The predicted molar refractivity (Wildman–Crippen MR) is 220 cm³/mol. The third kappa shape index (κ3) is 4.16. The highest BCUT2D eigenvalue weighted by Crippen LogP contribution is 2.56. The van der Waals surface area contributed by atoms with Crippen molar-refractivity contribution in [1.82, 2.24) is 0 Å². The normalized spacial score (nSPS) is 15.1. The highest BCUT2D eigenvalue weighted by atomic mass is 14.4. The van der Waals surface area contributed by atoms with Gasteiger partial charge in [-0.2, -0.15) is 0 Å². The molecule has 11 rings (SSSR count). The summed E-state index contributed by atoms with van der Waals surface area (Å²) in [4.78, 5) is 0. The molecule has 0 heterocycles. The largest absolute Gasteiger partial charge is 0.0622 e. The Labute approximate surface area is 304 Å². The Balaban J connectivity index is 1.06. The Hall–Kier alpha value is -6.24. The molecule has 1 atom stereocenters. The van der Waals surface area contributed by atoms with E-state index in [2.05, 4.69) is 190 Å². The van der Waals surface area contributed by atoms with Crippen molar-refractivity contribution in [1.29, 1.82) is 0 Å². The number of fused-ring (bicyclic) bond motifs is 12. The second-order valence-corrected chi connectivity index (χ2v) is 15.2. The average Bonchev–Trinajstić information content (AvgIpc) is 3.64. The van der Waals surface area contributed by atoms with Gasteiger partial charge in [0.2, 0.25) is 0 Å². The maximum Gasteiger partial charge on any atom is 0.0352 e. The fraction of sp³-hybridized carbons (Fsp3) is 0.0769. The third-order valence-corrected chi connectivity index (χ3v) is 12.1. The van der Waals surface area contributed by atoms with Gasteiger partial charge in [0.05, 0.1) is 0 Å². The summed E-state index contributed by atoms with van der Waals surface area (Å²) in [6.07, 6.45) is 0. The van der Waals surface area contributed by atoms with Gasteiger partial charge in [-0.1, -0.05) is 166 Å². The molecule has 52 heavy (non-hydrogen) atoms. The van der Waals surface area contributed by atoms with Gasteiger partial charge in [0.15, 0.2) is 0 Å². The first kappa shape index (κ1) is 29.5. The van der Waals surface area contributed by atoms with Crippen LogP contribution in [0.1, 0.15) is 47.6 Å². The van der Waals surface area contributed by atoms with Gasteiger partial charge in [0.1, 0.15) is 0 Å². The Morgan fingerprint density at radius 1 is 0.327 bits per heavy atom. The molecule has 9 aromatic rings. The minimum atomic E-state index is -0.0370. The van der Waals surface area contributed by atoms with Crippen molar-refractivity contribution in [2.45, 2.75) is 25.2 Å². The first-order chi connectivity index (χ1) is 25.5. The van der Waals surface area contributed by atoms with E-state index in [1.54, 1.807) is 0 Å². The average molecular weight is 661 g/mol.